The normalized spacial score (nSPS) is 24.8. The summed E-state index contributed by atoms with van der Waals surface area (Å²) in [5, 5.41) is 17.4. The van der Waals surface area contributed by atoms with Gasteiger partial charge in [0.2, 0.25) is 0 Å². The number of ether oxygens (including phenoxy) is 2. The maximum absolute atomic E-state index is 11.9. The van der Waals surface area contributed by atoms with Gasteiger partial charge >= 0.3 is 23.9 Å². The Labute approximate surface area is 296 Å². The van der Waals surface area contributed by atoms with Gasteiger partial charge in [-0.15, -0.1) is 0 Å². The second-order valence-corrected chi connectivity index (χ2v) is 16.4. The third-order valence-electron chi connectivity index (χ3n) is 10.7. The predicted octanol–water partition coefficient (Wildman–Crippen LogP) is 8.02. The van der Waals surface area contributed by atoms with E-state index in [9.17, 15) is 19.2 Å². The van der Waals surface area contributed by atoms with Gasteiger partial charge in [-0.1, -0.05) is 95.2 Å². The van der Waals surface area contributed by atoms with Crippen LogP contribution < -0.4 is 5.73 Å². The third kappa shape index (κ3) is 13.9. The second-order valence-electron chi connectivity index (χ2n) is 16.4. The Morgan fingerprint density at radius 3 is 1.37 bits per heavy atom. The fourth-order valence-electron chi connectivity index (χ4n) is 8.47. The molecule has 0 radical (unpaired) electrons. The highest BCUT2D eigenvalue weighted by Gasteiger charge is 2.41. The van der Waals surface area contributed by atoms with Crippen LogP contribution in [0.15, 0.2) is 23.3 Å². The van der Waals surface area contributed by atoms with E-state index in [1.165, 1.54) is 5.57 Å². The molecule has 2 aliphatic rings. The number of carboxylic acids is 2. The van der Waals surface area contributed by atoms with Crippen LogP contribution in [0.5, 0.6) is 0 Å². The van der Waals surface area contributed by atoms with E-state index in [1.54, 1.807) is 0 Å². The van der Waals surface area contributed by atoms with Crippen LogP contribution in [-0.4, -0.2) is 53.3 Å². The van der Waals surface area contributed by atoms with Crippen LogP contribution in [0.4, 0.5) is 0 Å². The highest BCUT2D eigenvalue weighted by atomic mass is 16.5. The van der Waals surface area contributed by atoms with Crippen molar-refractivity contribution in [1.82, 2.24) is 0 Å². The largest absolute Gasteiger partial charge is 0.481 e. The predicted molar refractivity (Wildman–Crippen MR) is 194 cm³/mol. The highest BCUT2D eigenvalue weighted by molar-refractivity contribution is 5.81. The number of hydrogen-bond acceptors (Lipinski definition) is 7. The van der Waals surface area contributed by atoms with Gasteiger partial charge in [-0.2, -0.15) is 0 Å². The van der Waals surface area contributed by atoms with Crippen LogP contribution in [0.1, 0.15) is 115 Å². The van der Waals surface area contributed by atoms with Gasteiger partial charge < -0.3 is 25.4 Å². The fraction of sp³-hybridized carbons (Fsp3) is 0.800. The lowest BCUT2D eigenvalue weighted by Gasteiger charge is -2.44. The van der Waals surface area contributed by atoms with Crippen molar-refractivity contribution in [3.05, 3.63) is 23.3 Å². The number of carbonyl (C=O) groups excluding carboxylic acids is 2. The second kappa shape index (κ2) is 20.9. The maximum Gasteiger partial charge on any atom is 0.323 e. The number of esters is 2. The minimum atomic E-state index is -1.11. The summed E-state index contributed by atoms with van der Waals surface area (Å²) in [4.78, 5) is 44.9. The molecule has 0 saturated carbocycles. The van der Waals surface area contributed by atoms with Crippen LogP contribution in [-0.2, 0) is 28.7 Å². The fourth-order valence-corrected chi connectivity index (χ4v) is 8.47. The van der Waals surface area contributed by atoms with Gasteiger partial charge in [0.05, 0.1) is 19.3 Å². The van der Waals surface area contributed by atoms with Gasteiger partial charge in [-0.3, -0.25) is 19.2 Å². The summed E-state index contributed by atoms with van der Waals surface area (Å²) >= 11 is 0. The van der Waals surface area contributed by atoms with Gasteiger partial charge in [0.25, 0.3) is 0 Å². The van der Waals surface area contributed by atoms with Crippen LogP contribution >= 0.6 is 0 Å². The minimum Gasteiger partial charge on any atom is -0.481 e. The van der Waals surface area contributed by atoms with Gasteiger partial charge in [-0.05, 0) is 95.0 Å². The van der Waals surface area contributed by atoms with E-state index >= 15 is 0 Å². The molecular weight excluding hydrogens is 622 g/mol. The SMILES string of the molecule is CC(C)C1C(COC(=O)C(N)CC(=O)O)=CC[C@H](C(C)C)C1C(C)C.CC(C)C1C(COC(=O)CCC(=O)O)=CC[C@H](C(C)C)C1C(C)C. The Morgan fingerprint density at radius 2 is 1.04 bits per heavy atom. The minimum absolute atomic E-state index is 0.0583. The van der Waals surface area contributed by atoms with Crippen LogP contribution in [0.25, 0.3) is 0 Å². The summed E-state index contributed by atoms with van der Waals surface area (Å²) in [6.45, 7) is 27.7. The molecule has 2 rings (SSSR count). The molecule has 0 fully saturated rings. The Kier molecular flexibility index (Phi) is 18.9. The zero-order chi connectivity index (χ0) is 37.7. The average molecular weight is 692 g/mol. The van der Waals surface area contributed by atoms with E-state index in [1.807, 2.05) is 0 Å². The lowest BCUT2D eigenvalue weighted by atomic mass is 9.61. The number of allylic oxidation sites excluding steroid dienone is 2. The quantitative estimate of drug-likeness (QED) is 0.108. The number of rotatable bonds is 16. The summed E-state index contributed by atoms with van der Waals surface area (Å²) in [6.07, 6.45) is 5.88. The molecule has 0 bridgehead atoms. The summed E-state index contributed by atoms with van der Waals surface area (Å²) < 4.78 is 10.7. The number of carboxylic acid groups (broad SMARTS) is 2. The Hall–Kier alpha value is -2.68. The van der Waals surface area contributed by atoms with Crippen molar-refractivity contribution < 1.29 is 38.9 Å². The zero-order valence-electron chi connectivity index (χ0n) is 32.5. The first-order chi connectivity index (χ1) is 22.7. The summed E-state index contributed by atoms with van der Waals surface area (Å²) in [7, 11) is 0. The van der Waals surface area contributed by atoms with Crippen LogP contribution in [0.3, 0.4) is 0 Å². The van der Waals surface area contributed by atoms with E-state index in [4.69, 9.17) is 25.4 Å². The molecule has 4 N–H and O–H groups in total. The van der Waals surface area contributed by atoms with Crippen molar-refractivity contribution in [3.8, 4) is 0 Å². The molecule has 7 atom stereocenters. The molecule has 5 unspecified atom stereocenters. The lowest BCUT2D eigenvalue weighted by molar-refractivity contribution is -0.148. The summed E-state index contributed by atoms with van der Waals surface area (Å²) in [5.41, 5.74) is 7.96. The molecule has 9 nitrogen and oxygen atoms in total. The van der Waals surface area contributed by atoms with Crippen LogP contribution in [0.2, 0.25) is 0 Å². The Morgan fingerprint density at radius 1 is 0.633 bits per heavy atom. The molecule has 49 heavy (non-hydrogen) atoms. The van der Waals surface area contributed by atoms with Crippen molar-refractivity contribution in [2.45, 2.75) is 121 Å². The zero-order valence-corrected chi connectivity index (χ0v) is 32.5. The van der Waals surface area contributed by atoms with E-state index < -0.39 is 36.3 Å². The lowest BCUT2D eigenvalue weighted by Crippen LogP contribution is -2.40. The van der Waals surface area contributed by atoms with Crippen molar-refractivity contribution in [3.63, 3.8) is 0 Å². The number of aliphatic carboxylic acids is 2. The van der Waals surface area contributed by atoms with Gasteiger partial charge in [0.15, 0.2) is 0 Å². The summed E-state index contributed by atoms with van der Waals surface area (Å²) in [5.74, 6) is 3.38. The number of hydrogen-bond donors (Lipinski definition) is 3. The van der Waals surface area contributed by atoms with Gasteiger partial charge in [0.1, 0.15) is 19.3 Å². The first-order valence-corrected chi connectivity index (χ1v) is 18.6. The monoisotopic (exact) mass is 692 g/mol. The molecular formula is C40H69NO8. The third-order valence-corrected chi connectivity index (χ3v) is 10.7. The Bertz CT molecular complexity index is 1140. The molecule has 0 amide bonds. The Balaban J connectivity index is 0.000000490. The summed E-state index contributed by atoms with van der Waals surface area (Å²) in [6, 6.07) is -1.11. The molecule has 0 saturated heterocycles. The van der Waals surface area contributed by atoms with Crippen molar-refractivity contribution in [2.75, 3.05) is 13.2 Å². The average Bonchev–Trinajstić information content (AvgIpc) is 2.99. The topological polar surface area (TPSA) is 153 Å². The molecule has 0 aromatic heterocycles. The van der Waals surface area contributed by atoms with Gasteiger partial charge in [-0.25, -0.2) is 0 Å². The molecule has 0 spiro atoms. The molecule has 0 aromatic rings. The van der Waals surface area contributed by atoms with Crippen LogP contribution in [0, 0.1) is 71.0 Å². The van der Waals surface area contributed by atoms with E-state index in [0.29, 0.717) is 77.6 Å². The molecule has 0 aromatic carbocycles. The molecule has 9 heteroatoms. The first kappa shape index (κ1) is 44.3. The van der Waals surface area contributed by atoms with Crippen molar-refractivity contribution in [1.29, 1.82) is 0 Å². The highest BCUT2D eigenvalue weighted by Crippen LogP contribution is 2.47. The standard InChI is InChI=1S/C20H35NO4.C20H34O4/c1-11(2)15-8-7-14(18(12(3)4)19(15)13(5)6)10-25-20(24)16(21)9-17(22)23;1-12(2)16-8-7-15(11-24-18(23)10-9-17(21)22)19(13(3)4)20(16)14(5)6/h7,11-13,15-16,18-19H,8-10,21H2,1-6H3,(H,22,23);7,12-14,16,19-20H,8-11H2,1-6H3,(H,21,22)/t15-,16?,18?,19?;16-,19?,20?/m11/s1. The van der Waals surface area contributed by atoms with E-state index in [2.05, 4.69) is 95.2 Å². The molecule has 0 aliphatic heterocycles. The van der Waals surface area contributed by atoms with Crippen molar-refractivity contribution >= 4 is 23.9 Å². The van der Waals surface area contributed by atoms with Gasteiger partial charge in [0, 0.05) is 0 Å². The number of carbonyl (C=O) groups is 4. The number of nitrogens with two attached hydrogens (primary N) is 1. The molecule has 282 valence electrons. The molecule has 0 heterocycles. The van der Waals surface area contributed by atoms with E-state index in [0.717, 1.165) is 18.4 Å². The van der Waals surface area contributed by atoms with E-state index in [-0.39, 0.29) is 19.4 Å². The maximum atomic E-state index is 11.9. The molecule has 2 aliphatic carbocycles. The first-order valence-electron chi connectivity index (χ1n) is 18.6. The van der Waals surface area contributed by atoms with Crippen molar-refractivity contribution in [2.24, 2.45) is 76.7 Å². The smallest absolute Gasteiger partial charge is 0.323 e.